The minimum Gasteiger partial charge on any atom is -0.507 e. The van der Waals surface area contributed by atoms with Gasteiger partial charge in [0.05, 0.1) is 35.2 Å². The predicted molar refractivity (Wildman–Crippen MR) is 148 cm³/mol. The number of non-ortho nitro benzene ring substituents is 1. The molecule has 0 radical (unpaired) electrons. The predicted octanol–water partition coefficient (Wildman–Crippen LogP) is 6.20. The van der Waals surface area contributed by atoms with E-state index < -0.39 is 16.8 Å². The van der Waals surface area contributed by atoms with E-state index in [1.807, 2.05) is 18.2 Å². The Hall–Kier alpha value is -3.78. The highest BCUT2D eigenvalue weighted by Gasteiger charge is 2.57. The zero-order valence-corrected chi connectivity index (χ0v) is 22.3. The van der Waals surface area contributed by atoms with Crippen LogP contribution in [0.1, 0.15) is 57.9 Å². The van der Waals surface area contributed by atoms with Crippen molar-refractivity contribution in [3.63, 3.8) is 0 Å². The first-order valence-electron chi connectivity index (χ1n) is 13.8. The monoisotopic (exact) mass is 530 g/mol. The highest BCUT2D eigenvalue weighted by molar-refractivity contribution is 6.22. The summed E-state index contributed by atoms with van der Waals surface area (Å²) in [5.41, 5.74) is 4.49. The second-order valence-corrected chi connectivity index (χ2v) is 10.6. The largest absolute Gasteiger partial charge is 0.507 e. The molecule has 2 aliphatic heterocycles. The molecule has 2 heterocycles. The summed E-state index contributed by atoms with van der Waals surface area (Å²) in [6.45, 7) is 4.60. The fourth-order valence-electron chi connectivity index (χ4n) is 6.55. The third-order valence-corrected chi connectivity index (χ3v) is 8.33. The minimum absolute atomic E-state index is 0.120. The molecule has 2 amide bonds. The third kappa shape index (κ3) is 5.01. The summed E-state index contributed by atoms with van der Waals surface area (Å²) >= 11 is 0. The zero-order valence-electron chi connectivity index (χ0n) is 22.3. The first-order valence-corrected chi connectivity index (χ1v) is 13.8. The zero-order chi connectivity index (χ0) is 27.7. The number of hydrogen-bond donors (Lipinski definition) is 1. The maximum absolute atomic E-state index is 13.7. The average molecular weight is 531 g/mol. The van der Waals surface area contributed by atoms with Gasteiger partial charge in [-0.2, -0.15) is 0 Å². The molecule has 39 heavy (non-hydrogen) atoms. The fraction of sp³-hybridized carbons (Fsp3) is 0.419. The van der Waals surface area contributed by atoms with E-state index in [9.17, 15) is 24.8 Å². The Morgan fingerprint density at radius 1 is 1.10 bits per heavy atom. The van der Waals surface area contributed by atoms with Crippen LogP contribution in [0.5, 0.6) is 5.75 Å². The van der Waals surface area contributed by atoms with Crippen molar-refractivity contribution in [2.45, 2.75) is 58.5 Å². The van der Waals surface area contributed by atoms with Crippen LogP contribution in [-0.2, 0) is 14.3 Å². The number of benzene rings is 2. The van der Waals surface area contributed by atoms with Crippen LogP contribution in [0.15, 0.2) is 65.3 Å². The van der Waals surface area contributed by atoms with E-state index in [0.717, 1.165) is 42.6 Å². The highest BCUT2D eigenvalue weighted by atomic mass is 16.6. The molecule has 0 aromatic heterocycles. The number of nitro benzene ring substituents is 1. The molecule has 3 aliphatic rings. The van der Waals surface area contributed by atoms with Crippen LogP contribution in [-0.4, -0.2) is 34.6 Å². The number of para-hydroxylation sites is 1. The summed E-state index contributed by atoms with van der Waals surface area (Å²) in [7, 11) is 0. The number of imide groups is 1. The molecule has 1 N–H and O–H groups in total. The van der Waals surface area contributed by atoms with Crippen molar-refractivity contribution in [3.8, 4) is 5.75 Å². The summed E-state index contributed by atoms with van der Waals surface area (Å²) in [6, 6.07) is 13.0. The number of phenols is 1. The second kappa shape index (κ2) is 11.1. The first kappa shape index (κ1) is 26.8. The number of fused-ring (bicyclic) bond motifs is 3. The Morgan fingerprint density at radius 2 is 1.90 bits per heavy atom. The van der Waals surface area contributed by atoms with E-state index in [-0.39, 0.29) is 41.0 Å². The van der Waals surface area contributed by atoms with Gasteiger partial charge < -0.3 is 9.84 Å². The number of hydrogen-bond acceptors (Lipinski definition) is 6. The number of aromatic hydroxyl groups is 1. The van der Waals surface area contributed by atoms with Gasteiger partial charge in [0.15, 0.2) is 0 Å². The van der Waals surface area contributed by atoms with E-state index >= 15 is 0 Å². The average Bonchev–Trinajstić information content (AvgIpc) is 3.46. The molecule has 8 heteroatoms. The smallest absolute Gasteiger partial charge is 0.271 e. The van der Waals surface area contributed by atoms with E-state index in [1.54, 1.807) is 12.1 Å². The number of rotatable bonds is 9. The fourth-order valence-corrected chi connectivity index (χ4v) is 6.55. The van der Waals surface area contributed by atoms with Crippen LogP contribution in [0.4, 0.5) is 11.4 Å². The van der Waals surface area contributed by atoms with Crippen LogP contribution in [0.25, 0.3) is 6.08 Å². The van der Waals surface area contributed by atoms with Gasteiger partial charge in [-0.1, -0.05) is 61.8 Å². The molecule has 204 valence electrons. The molecule has 5 rings (SSSR count). The quantitative estimate of drug-likeness (QED) is 0.179. The van der Waals surface area contributed by atoms with Crippen molar-refractivity contribution in [2.24, 2.45) is 17.8 Å². The van der Waals surface area contributed by atoms with Gasteiger partial charge in [0, 0.05) is 23.6 Å². The van der Waals surface area contributed by atoms with Gasteiger partial charge in [-0.15, -0.1) is 0 Å². The third-order valence-electron chi connectivity index (χ3n) is 8.33. The number of anilines is 1. The number of allylic oxidation sites excluding steroid dienone is 2. The van der Waals surface area contributed by atoms with Crippen LogP contribution < -0.4 is 4.90 Å². The summed E-state index contributed by atoms with van der Waals surface area (Å²) in [5, 5.41) is 21.5. The normalized spacial score (nSPS) is 24.8. The van der Waals surface area contributed by atoms with Crippen LogP contribution in [0.2, 0.25) is 0 Å². The molecular formula is C31H34N2O6. The topological polar surface area (TPSA) is 110 Å². The van der Waals surface area contributed by atoms with E-state index in [2.05, 4.69) is 19.9 Å². The molecule has 8 nitrogen and oxygen atoms in total. The molecular weight excluding hydrogens is 496 g/mol. The van der Waals surface area contributed by atoms with Crippen LogP contribution in [0.3, 0.4) is 0 Å². The van der Waals surface area contributed by atoms with Crippen LogP contribution >= 0.6 is 0 Å². The molecule has 2 saturated heterocycles. The molecule has 1 aliphatic carbocycles. The molecule has 0 bridgehead atoms. The van der Waals surface area contributed by atoms with Crippen molar-refractivity contribution in [3.05, 3.63) is 80.9 Å². The molecule has 0 saturated carbocycles. The lowest BCUT2D eigenvalue weighted by atomic mass is 9.69. The van der Waals surface area contributed by atoms with Gasteiger partial charge >= 0.3 is 0 Å². The Labute approximate surface area is 228 Å². The first-order chi connectivity index (χ1) is 18.8. The lowest BCUT2D eigenvalue weighted by molar-refractivity contribution is -0.384. The van der Waals surface area contributed by atoms with Crippen LogP contribution in [0, 0.1) is 27.9 Å². The Balaban J connectivity index is 1.38. The molecule has 2 aromatic carbocycles. The van der Waals surface area contributed by atoms with E-state index in [4.69, 9.17) is 4.74 Å². The molecule has 2 fully saturated rings. The summed E-state index contributed by atoms with van der Waals surface area (Å²) < 4.78 is 6.31. The number of phenolic OH excluding ortho intramolecular Hbond substituents is 1. The van der Waals surface area contributed by atoms with Crippen molar-refractivity contribution in [1.82, 2.24) is 0 Å². The van der Waals surface area contributed by atoms with Gasteiger partial charge in [0.2, 0.25) is 11.8 Å². The Morgan fingerprint density at radius 3 is 2.62 bits per heavy atom. The van der Waals surface area contributed by atoms with Crippen molar-refractivity contribution >= 4 is 29.3 Å². The Kier molecular flexibility index (Phi) is 7.66. The number of carbonyl (C=O) groups is 2. The standard InChI is InChI=1S/C31H34N2O6/c1-3-8-19(15-21-9-5-6-12-26(21)34)13-14-27-28-20(4-2)16-24-29(25(28)18-39-27)31(36)32(30(24)35)22-10-7-11-23(17-22)33(37)38/h5-7,9-12,15,17,24-25,27,29,34H,3-4,8,13-14,16,18H2,1-2H3/b19-15+/t24-,25+,27-,29-/m1/s1. The molecule has 2 aromatic rings. The second-order valence-electron chi connectivity index (χ2n) is 10.6. The molecule has 0 spiro atoms. The van der Waals surface area contributed by atoms with Gasteiger partial charge in [-0.3, -0.25) is 19.7 Å². The number of nitro groups is 1. The van der Waals surface area contributed by atoms with Gasteiger partial charge in [0.25, 0.3) is 5.69 Å². The summed E-state index contributed by atoms with van der Waals surface area (Å²) in [4.78, 5) is 39.1. The lowest BCUT2D eigenvalue weighted by Crippen LogP contribution is -2.34. The summed E-state index contributed by atoms with van der Waals surface area (Å²) in [6.07, 6.45) is 6.72. The number of nitrogens with zero attached hydrogens (tertiary/aromatic N) is 2. The minimum atomic E-state index is -0.522. The maximum atomic E-state index is 13.7. The number of carbonyl (C=O) groups excluding carboxylic acids is 2. The van der Waals surface area contributed by atoms with E-state index in [0.29, 0.717) is 13.0 Å². The van der Waals surface area contributed by atoms with Gasteiger partial charge in [-0.05, 0) is 49.8 Å². The SMILES string of the molecule is CCC/C(=C\c1ccccc1O)CC[C@H]1OC[C@H]2C1=C(CC)C[C@H]1C(=O)N(c3cccc([N+](=O)[O-])c3)C(=O)[C@H]12. The molecule has 0 unspecified atom stereocenters. The van der Waals surface area contributed by atoms with Crippen molar-refractivity contribution < 1.29 is 24.4 Å². The highest BCUT2D eigenvalue weighted by Crippen LogP contribution is 2.51. The van der Waals surface area contributed by atoms with Gasteiger partial charge in [0.1, 0.15) is 5.75 Å². The molecule has 4 atom stereocenters. The van der Waals surface area contributed by atoms with Crippen molar-refractivity contribution in [1.29, 1.82) is 0 Å². The van der Waals surface area contributed by atoms with Crippen molar-refractivity contribution in [2.75, 3.05) is 11.5 Å². The Bertz CT molecular complexity index is 1360. The van der Waals surface area contributed by atoms with Gasteiger partial charge in [-0.25, -0.2) is 4.90 Å². The maximum Gasteiger partial charge on any atom is 0.271 e. The number of ether oxygens (including phenoxy) is 1. The number of amides is 2. The van der Waals surface area contributed by atoms with E-state index in [1.165, 1.54) is 34.9 Å². The lowest BCUT2D eigenvalue weighted by Gasteiger charge is -2.31. The summed E-state index contributed by atoms with van der Waals surface area (Å²) in [5.74, 6) is -1.47.